The second kappa shape index (κ2) is 9.32. The number of likely N-dealkylation sites (tertiary alicyclic amines) is 1. The fourth-order valence-electron chi connectivity index (χ4n) is 3.29. The van der Waals surface area contributed by atoms with Crippen molar-refractivity contribution in [1.82, 2.24) is 20.5 Å². The van der Waals surface area contributed by atoms with E-state index in [2.05, 4.69) is 20.5 Å². The summed E-state index contributed by atoms with van der Waals surface area (Å²) >= 11 is 0. The van der Waals surface area contributed by atoms with E-state index in [4.69, 9.17) is 0 Å². The Morgan fingerprint density at radius 2 is 1.86 bits per heavy atom. The van der Waals surface area contributed by atoms with E-state index in [-0.39, 0.29) is 17.9 Å². The van der Waals surface area contributed by atoms with Gasteiger partial charge in [0.25, 0.3) is 5.91 Å². The SMILES string of the molecule is CNC(=O)CN1CCC(NC(=O)c2ccc(N(C)c3ccccc3)nc2)CC1. The number of nitrogens with zero attached hydrogens (tertiary/aromatic N) is 3. The summed E-state index contributed by atoms with van der Waals surface area (Å²) in [5.41, 5.74) is 1.59. The normalized spacial score (nSPS) is 15.1. The Bertz CT molecular complexity index is 786. The largest absolute Gasteiger partial charge is 0.358 e. The maximum atomic E-state index is 12.5. The lowest BCUT2D eigenvalue weighted by Gasteiger charge is -2.31. The molecule has 1 fully saturated rings. The van der Waals surface area contributed by atoms with E-state index in [1.807, 2.05) is 48.3 Å². The first-order valence-electron chi connectivity index (χ1n) is 9.55. The first-order chi connectivity index (χ1) is 13.6. The molecule has 0 aliphatic carbocycles. The smallest absolute Gasteiger partial charge is 0.253 e. The van der Waals surface area contributed by atoms with Gasteiger partial charge in [-0.05, 0) is 37.1 Å². The summed E-state index contributed by atoms with van der Waals surface area (Å²) in [6, 6.07) is 13.7. The molecule has 1 aromatic carbocycles. The highest BCUT2D eigenvalue weighted by molar-refractivity contribution is 5.94. The number of benzene rings is 1. The van der Waals surface area contributed by atoms with Crippen molar-refractivity contribution in [3.05, 3.63) is 54.2 Å². The van der Waals surface area contributed by atoms with Gasteiger partial charge in [0.2, 0.25) is 5.91 Å². The van der Waals surface area contributed by atoms with Crippen LogP contribution in [-0.2, 0) is 4.79 Å². The molecule has 1 aliphatic heterocycles. The number of carbonyl (C=O) groups excluding carboxylic acids is 2. The van der Waals surface area contributed by atoms with Gasteiger partial charge in [0.05, 0.1) is 12.1 Å². The fourth-order valence-corrected chi connectivity index (χ4v) is 3.29. The highest BCUT2D eigenvalue weighted by Gasteiger charge is 2.22. The molecule has 0 spiro atoms. The molecule has 0 atom stereocenters. The number of rotatable bonds is 6. The number of anilines is 2. The molecule has 2 amide bonds. The van der Waals surface area contributed by atoms with Crippen LogP contribution >= 0.6 is 0 Å². The molecule has 0 bridgehead atoms. The topological polar surface area (TPSA) is 77.6 Å². The van der Waals surface area contributed by atoms with Gasteiger partial charge in [-0.2, -0.15) is 0 Å². The van der Waals surface area contributed by atoms with E-state index in [0.717, 1.165) is 37.4 Å². The second-order valence-corrected chi connectivity index (χ2v) is 7.00. The number of nitrogens with one attached hydrogen (secondary N) is 2. The van der Waals surface area contributed by atoms with Crippen molar-refractivity contribution in [2.75, 3.05) is 38.6 Å². The molecule has 2 N–H and O–H groups in total. The summed E-state index contributed by atoms with van der Waals surface area (Å²) in [4.78, 5) is 32.5. The summed E-state index contributed by atoms with van der Waals surface area (Å²) in [6.07, 6.45) is 3.29. The van der Waals surface area contributed by atoms with Gasteiger partial charge in [0.15, 0.2) is 0 Å². The minimum Gasteiger partial charge on any atom is -0.358 e. The van der Waals surface area contributed by atoms with E-state index >= 15 is 0 Å². The lowest BCUT2D eigenvalue weighted by atomic mass is 10.0. The molecule has 3 rings (SSSR count). The Hall–Kier alpha value is -2.93. The molecule has 0 saturated carbocycles. The number of amides is 2. The van der Waals surface area contributed by atoms with Crippen LogP contribution in [0.2, 0.25) is 0 Å². The molecule has 28 heavy (non-hydrogen) atoms. The number of aromatic nitrogens is 1. The van der Waals surface area contributed by atoms with Gasteiger partial charge in [-0.1, -0.05) is 18.2 Å². The fraction of sp³-hybridized carbons (Fsp3) is 0.381. The Labute approximate surface area is 165 Å². The van der Waals surface area contributed by atoms with Gasteiger partial charge < -0.3 is 15.5 Å². The molecular formula is C21H27N5O2. The van der Waals surface area contributed by atoms with Crippen LogP contribution in [0.5, 0.6) is 0 Å². The Morgan fingerprint density at radius 1 is 1.14 bits per heavy atom. The average Bonchev–Trinajstić information content (AvgIpc) is 2.75. The van der Waals surface area contributed by atoms with Crippen LogP contribution < -0.4 is 15.5 Å². The number of hydrogen-bond acceptors (Lipinski definition) is 5. The van der Waals surface area contributed by atoms with Gasteiger partial charge in [-0.15, -0.1) is 0 Å². The summed E-state index contributed by atoms with van der Waals surface area (Å²) < 4.78 is 0. The number of piperidine rings is 1. The van der Waals surface area contributed by atoms with E-state index < -0.39 is 0 Å². The first kappa shape index (κ1) is 19.8. The minimum atomic E-state index is -0.105. The predicted molar refractivity (Wildman–Crippen MR) is 110 cm³/mol. The van der Waals surface area contributed by atoms with Crippen molar-refractivity contribution in [2.24, 2.45) is 0 Å². The second-order valence-electron chi connectivity index (χ2n) is 7.00. The van der Waals surface area contributed by atoms with Crippen molar-refractivity contribution >= 4 is 23.3 Å². The van der Waals surface area contributed by atoms with E-state index in [1.165, 1.54) is 0 Å². The quantitative estimate of drug-likeness (QED) is 0.798. The van der Waals surface area contributed by atoms with Crippen LogP contribution in [0.3, 0.4) is 0 Å². The zero-order valence-corrected chi connectivity index (χ0v) is 16.4. The number of pyridine rings is 1. The number of hydrogen-bond donors (Lipinski definition) is 2. The molecule has 148 valence electrons. The average molecular weight is 381 g/mol. The Morgan fingerprint density at radius 3 is 2.46 bits per heavy atom. The van der Waals surface area contributed by atoms with Crippen LogP contribution in [0, 0.1) is 0 Å². The minimum absolute atomic E-state index is 0.0223. The molecule has 7 heteroatoms. The van der Waals surface area contributed by atoms with Crippen molar-refractivity contribution in [1.29, 1.82) is 0 Å². The summed E-state index contributed by atoms with van der Waals surface area (Å²) in [7, 11) is 3.59. The van der Waals surface area contributed by atoms with Gasteiger partial charge in [-0.25, -0.2) is 4.98 Å². The van der Waals surface area contributed by atoms with Crippen molar-refractivity contribution in [2.45, 2.75) is 18.9 Å². The monoisotopic (exact) mass is 381 g/mol. The van der Waals surface area contributed by atoms with Gasteiger partial charge in [0.1, 0.15) is 5.82 Å². The predicted octanol–water partition coefficient (Wildman–Crippen LogP) is 1.79. The molecule has 7 nitrogen and oxygen atoms in total. The van der Waals surface area contributed by atoms with E-state index in [0.29, 0.717) is 12.1 Å². The number of para-hydroxylation sites is 1. The maximum absolute atomic E-state index is 12.5. The van der Waals surface area contributed by atoms with Crippen LogP contribution in [0.4, 0.5) is 11.5 Å². The van der Waals surface area contributed by atoms with Crippen LogP contribution in [0.1, 0.15) is 23.2 Å². The highest BCUT2D eigenvalue weighted by Crippen LogP contribution is 2.21. The van der Waals surface area contributed by atoms with Gasteiger partial charge in [-0.3, -0.25) is 14.5 Å². The molecule has 1 saturated heterocycles. The Balaban J connectivity index is 1.52. The molecular weight excluding hydrogens is 354 g/mol. The molecule has 0 unspecified atom stereocenters. The molecule has 1 aliphatic rings. The van der Waals surface area contributed by atoms with Crippen LogP contribution in [0.15, 0.2) is 48.7 Å². The maximum Gasteiger partial charge on any atom is 0.253 e. The Kier molecular flexibility index (Phi) is 6.60. The molecule has 1 aromatic heterocycles. The van der Waals surface area contributed by atoms with Crippen LogP contribution in [-0.4, -0.2) is 61.5 Å². The lowest BCUT2D eigenvalue weighted by molar-refractivity contribution is -0.122. The molecule has 2 aromatic rings. The summed E-state index contributed by atoms with van der Waals surface area (Å²) in [5, 5.41) is 5.72. The summed E-state index contributed by atoms with van der Waals surface area (Å²) in [6.45, 7) is 2.02. The third-order valence-corrected chi connectivity index (χ3v) is 5.07. The van der Waals surface area contributed by atoms with Crippen molar-refractivity contribution < 1.29 is 9.59 Å². The number of likely N-dealkylation sites (N-methyl/N-ethyl adjacent to an activating group) is 1. The highest BCUT2D eigenvalue weighted by atomic mass is 16.2. The number of carbonyl (C=O) groups is 2. The van der Waals surface area contributed by atoms with Gasteiger partial charge >= 0.3 is 0 Å². The van der Waals surface area contributed by atoms with E-state index in [9.17, 15) is 9.59 Å². The molecule has 2 heterocycles. The summed E-state index contributed by atoms with van der Waals surface area (Å²) in [5.74, 6) is 0.700. The zero-order chi connectivity index (χ0) is 19.9. The third-order valence-electron chi connectivity index (χ3n) is 5.07. The van der Waals surface area contributed by atoms with Crippen molar-refractivity contribution in [3.63, 3.8) is 0 Å². The lowest BCUT2D eigenvalue weighted by Crippen LogP contribution is -2.47. The van der Waals surface area contributed by atoms with Gasteiger partial charge in [0, 0.05) is 45.1 Å². The molecule has 0 radical (unpaired) electrons. The zero-order valence-electron chi connectivity index (χ0n) is 16.4. The van der Waals surface area contributed by atoms with E-state index in [1.54, 1.807) is 19.3 Å². The standard InChI is InChI=1S/C21H27N5O2/c1-22-20(27)15-26-12-10-17(11-13-26)24-21(28)16-8-9-19(23-14-16)25(2)18-6-4-3-5-7-18/h3-9,14,17H,10-13,15H2,1-2H3,(H,22,27)(H,24,28). The third kappa shape index (κ3) is 5.07. The van der Waals surface area contributed by atoms with Crippen molar-refractivity contribution in [3.8, 4) is 0 Å². The van der Waals surface area contributed by atoms with Crippen LogP contribution in [0.25, 0.3) is 0 Å². The first-order valence-corrected chi connectivity index (χ1v) is 9.55.